The van der Waals surface area contributed by atoms with Crippen LogP contribution in [0.2, 0.25) is 0 Å². The quantitative estimate of drug-likeness (QED) is 0.326. The van der Waals surface area contributed by atoms with Crippen molar-refractivity contribution in [3.05, 3.63) is 107 Å². The van der Waals surface area contributed by atoms with E-state index in [1.165, 1.54) is 18.2 Å². The van der Waals surface area contributed by atoms with Crippen LogP contribution in [0.4, 0.5) is 20.4 Å². The third-order valence-electron chi connectivity index (χ3n) is 7.40. The molecule has 1 unspecified atom stereocenters. The van der Waals surface area contributed by atoms with Crippen molar-refractivity contribution in [2.75, 3.05) is 36.0 Å². The van der Waals surface area contributed by atoms with E-state index >= 15 is 0 Å². The Labute approximate surface area is 225 Å². The number of anilines is 2. The molecule has 4 aromatic rings. The molecule has 2 aromatic heterocycles. The average molecular weight is 521 g/mol. The number of pyridine rings is 2. The second kappa shape index (κ2) is 10.6. The molecule has 2 aromatic carbocycles. The lowest BCUT2D eigenvalue weighted by Gasteiger charge is -2.36. The standard InChI is InChI=1S/C31H26F2N6/c32-25-4-1-5-26(33)30(25)28-12-11-27(37-28)22-8-6-21(7-9-22)24-10-13-29(36-20-24)38-15-17-39(18-16-38)31-23(19-34)3-2-14-35-31/h1-10,13-14,20,27H,11-12,15-18H2. The molecule has 0 amide bonds. The third-order valence-corrected chi connectivity index (χ3v) is 7.40. The molecule has 6 rings (SSSR count). The molecule has 0 radical (unpaired) electrons. The van der Waals surface area contributed by atoms with E-state index in [1.54, 1.807) is 18.3 Å². The van der Waals surface area contributed by atoms with Crippen LogP contribution in [0, 0.1) is 23.0 Å². The van der Waals surface area contributed by atoms with Crippen LogP contribution in [0.5, 0.6) is 0 Å². The summed E-state index contributed by atoms with van der Waals surface area (Å²) in [4.78, 5) is 18.2. The van der Waals surface area contributed by atoms with Crippen molar-refractivity contribution in [1.29, 1.82) is 5.26 Å². The molecule has 194 valence electrons. The molecule has 6 nitrogen and oxygen atoms in total. The summed E-state index contributed by atoms with van der Waals surface area (Å²) in [6, 6.07) is 21.9. The lowest BCUT2D eigenvalue weighted by Crippen LogP contribution is -2.47. The zero-order chi connectivity index (χ0) is 26.8. The number of aliphatic imine (C=N–C) groups is 1. The molecule has 4 heterocycles. The van der Waals surface area contributed by atoms with Gasteiger partial charge in [-0.3, -0.25) is 4.99 Å². The van der Waals surface area contributed by atoms with Gasteiger partial charge in [0.25, 0.3) is 0 Å². The summed E-state index contributed by atoms with van der Waals surface area (Å²) < 4.78 is 28.4. The Morgan fingerprint density at radius 1 is 0.795 bits per heavy atom. The Balaban J connectivity index is 1.10. The number of halogens is 2. The largest absolute Gasteiger partial charge is 0.353 e. The molecule has 0 aliphatic carbocycles. The fourth-order valence-electron chi connectivity index (χ4n) is 5.32. The van der Waals surface area contributed by atoms with Crippen molar-refractivity contribution in [3.8, 4) is 17.2 Å². The SMILES string of the molecule is N#Cc1cccnc1N1CCN(c2ccc(-c3ccc(C4CCC(c5c(F)cccc5F)=N4)cc3)cn2)CC1. The van der Waals surface area contributed by atoms with Gasteiger partial charge in [0.15, 0.2) is 0 Å². The number of nitrogens with zero attached hydrogens (tertiary/aromatic N) is 6. The van der Waals surface area contributed by atoms with Gasteiger partial charge in [0.2, 0.25) is 0 Å². The van der Waals surface area contributed by atoms with Crippen LogP contribution in [0.15, 0.2) is 84.1 Å². The number of benzene rings is 2. The zero-order valence-electron chi connectivity index (χ0n) is 21.3. The minimum atomic E-state index is -0.566. The summed E-state index contributed by atoms with van der Waals surface area (Å²) >= 11 is 0. The maximum absolute atomic E-state index is 14.2. The molecule has 0 saturated carbocycles. The molecule has 1 saturated heterocycles. The van der Waals surface area contributed by atoms with Crippen LogP contribution in [0.25, 0.3) is 11.1 Å². The highest BCUT2D eigenvalue weighted by molar-refractivity contribution is 6.02. The predicted octanol–water partition coefficient (Wildman–Crippen LogP) is 5.94. The van der Waals surface area contributed by atoms with Crippen molar-refractivity contribution in [2.45, 2.75) is 18.9 Å². The van der Waals surface area contributed by atoms with Gasteiger partial charge in [-0.05, 0) is 60.4 Å². The number of hydrogen-bond acceptors (Lipinski definition) is 6. The van der Waals surface area contributed by atoms with Crippen LogP contribution in [0.1, 0.15) is 35.6 Å². The van der Waals surface area contributed by atoms with Crippen molar-refractivity contribution >= 4 is 17.3 Å². The molecule has 1 atom stereocenters. The Bertz CT molecular complexity index is 1530. The summed E-state index contributed by atoms with van der Waals surface area (Å²) in [6.07, 6.45) is 4.88. The summed E-state index contributed by atoms with van der Waals surface area (Å²) in [5.74, 6) is 0.530. The Kier molecular flexibility index (Phi) is 6.72. The van der Waals surface area contributed by atoms with Crippen LogP contribution in [-0.2, 0) is 0 Å². The normalized spacial score (nSPS) is 17.2. The number of nitriles is 1. The number of piperazine rings is 1. The van der Waals surface area contributed by atoms with Crippen molar-refractivity contribution in [3.63, 3.8) is 0 Å². The maximum atomic E-state index is 14.2. The monoisotopic (exact) mass is 520 g/mol. The minimum Gasteiger partial charge on any atom is -0.353 e. The highest BCUT2D eigenvalue weighted by atomic mass is 19.1. The van der Waals surface area contributed by atoms with Crippen LogP contribution in [0.3, 0.4) is 0 Å². The molecule has 0 spiro atoms. The van der Waals surface area contributed by atoms with Gasteiger partial charge >= 0.3 is 0 Å². The molecule has 39 heavy (non-hydrogen) atoms. The van der Waals surface area contributed by atoms with Crippen LogP contribution < -0.4 is 9.80 Å². The van der Waals surface area contributed by atoms with Gasteiger partial charge in [-0.25, -0.2) is 18.7 Å². The molecule has 8 heteroatoms. The van der Waals surface area contributed by atoms with Gasteiger partial charge < -0.3 is 9.80 Å². The molecular weight excluding hydrogens is 494 g/mol. The van der Waals surface area contributed by atoms with Gasteiger partial charge in [-0.1, -0.05) is 30.3 Å². The van der Waals surface area contributed by atoms with Gasteiger partial charge in [0.1, 0.15) is 29.3 Å². The van der Waals surface area contributed by atoms with Crippen molar-refractivity contribution in [1.82, 2.24) is 9.97 Å². The summed E-state index contributed by atoms with van der Waals surface area (Å²) in [5, 5.41) is 9.37. The lowest BCUT2D eigenvalue weighted by molar-refractivity contribution is 0.578. The van der Waals surface area contributed by atoms with Gasteiger partial charge in [-0.15, -0.1) is 0 Å². The molecule has 0 bridgehead atoms. The highest BCUT2D eigenvalue weighted by Crippen LogP contribution is 2.33. The van der Waals surface area contributed by atoms with E-state index in [2.05, 4.69) is 31.9 Å². The Hall–Kier alpha value is -4.64. The molecular formula is C31H26F2N6. The van der Waals surface area contributed by atoms with E-state index in [0.717, 1.165) is 60.9 Å². The Morgan fingerprint density at radius 2 is 1.51 bits per heavy atom. The smallest absolute Gasteiger partial charge is 0.146 e. The van der Waals surface area contributed by atoms with Gasteiger partial charge in [-0.2, -0.15) is 5.26 Å². The molecule has 0 N–H and O–H groups in total. The first-order valence-electron chi connectivity index (χ1n) is 13.0. The fourth-order valence-corrected chi connectivity index (χ4v) is 5.32. The van der Waals surface area contributed by atoms with Gasteiger partial charge in [0, 0.05) is 49.8 Å². The van der Waals surface area contributed by atoms with E-state index in [4.69, 9.17) is 4.98 Å². The van der Waals surface area contributed by atoms with E-state index in [0.29, 0.717) is 17.7 Å². The van der Waals surface area contributed by atoms with Crippen LogP contribution >= 0.6 is 0 Å². The molecule has 2 aliphatic rings. The third kappa shape index (κ3) is 4.96. The zero-order valence-corrected chi connectivity index (χ0v) is 21.3. The van der Waals surface area contributed by atoms with E-state index in [9.17, 15) is 14.0 Å². The van der Waals surface area contributed by atoms with E-state index in [-0.39, 0.29) is 11.6 Å². The lowest BCUT2D eigenvalue weighted by atomic mass is 10.00. The molecule has 2 aliphatic heterocycles. The fraction of sp³-hybridized carbons (Fsp3) is 0.226. The molecule has 1 fully saturated rings. The van der Waals surface area contributed by atoms with E-state index < -0.39 is 11.6 Å². The van der Waals surface area contributed by atoms with Gasteiger partial charge in [0.05, 0.1) is 17.2 Å². The Morgan fingerprint density at radius 3 is 2.21 bits per heavy atom. The summed E-state index contributed by atoms with van der Waals surface area (Å²) in [6.45, 7) is 3.13. The summed E-state index contributed by atoms with van der Waals surface area (Å²) in [5.41, 5.74) is 4.17. The minimum absolute atomic E-state index is 0.00662. The second-order valence-corrected chi connectivity index (χ2v) is 9.71. The first-order valence-corrected chi connectivity index (χ1v) is 13.0. The maximum Gasteiger partial charge on any atom is 0.146 e. The van der Waals surface area contributed by atoms with E-state index in [1.807, 2.05) is 36.5 Å². The van der Waals surface area contributed by atoms with Crippen LogP contribution in [-0.4, -0.2) is 41.9 Å². The number of hydrogen-bond donors (Lipinski definition) is 0. The number of rotatable bonds is 5. The summed E-state index contributed by atoms with van der Waals surface area (Å²) in [7, 11) is 0. The average Bonchev–Trinajstić information content (AvgIpc) is 3.47. The first-order chi connectivity index (χ1) is 19.1. The highest BCUT2D eigenvalue weighted by Gasteiger charge is 2.25. The second-order valence-electron chi connectivity index (χ2n) is 9.71. The van der Waals surface area contributed by atoms with Crippen molar-refractivity contribution in [2.24, 2.45) is 4.99 Å². The predicted molar refractivity (Wildman–Crippen MR) is 148 cm³/mol. The van der Waals surface area contributed by atoms with Crippen molar-refractivity contribution < 1.29 is 8.78 Å². The first kappa shape index (κ1) is 24.7. The topological polar surface area (TPSA) is 68.4 Å². The number of aromatic nitrogens is 2.